The second-order valence-corrected chi connectivity index (χ2v) is 12.1. The van der Waals surface area contributed by atoms with Gasteiger partial charge in [0, 0.05) is 33.2 Å². The minimum absolute atomic E-state index is 0.0506. The van der Waals surface area contributed by atoms with Gasteiger partial charge in [0.25, 0.3) is 0 Å². The zero-order valence-corrected chi connectivity index (χ0v) is 25.0. The van der Waals surface area contributed by atoms with E-state index in [2.05, 4.69) is 91.9 Å². The van der Waals surface area contributed by atoms with Crippen LogP contribution in [0.2, 0.25) is 0 Å². The number of hydrogen-bond donors (Lipinski definition) is 0. The predicted octanol–water partition coefficient (Wildman–Crippen LogP) is 9.43. The number of para-hydroxylation sites is 1. The number of carbonyl (C=O) groups excluding carboxylic acids is 1. The molecule has 0 radical (unpaired) electrons. The van der Waals surface area contributed by atoms with E-state index in [-0.39, 0.29) is 5.91 Å². The largest absolute Gasteiger partial charge is 0.497 e. The average Bonchev–Trinajstić information content (AvgIpc) is 3.69. The number of furan rings is 1. The third-order valence-electron chi connectivity index (χ3n) is 9.63. The first-order valence-corrected chi connectivity index (χ1v) is 15.3. The molecule has 9 rings (SSSR count). The van der Waals surface area contributed by atoms with E-state index >= 15 is 4.79 Å². The number of benzene rings is 6. The molecule has 1 aromatic heterocycles. The first-order chi connectivity index (χ1) is 22.1. The normalized spacial score (nSPS) is 16.4. The molecule has 4 heteroatoms. The molecule has 0 bridgehead atoms. The van der Waals surface area contributed by atoms with Gasteiger partial charge in [-0.3, -0.25) is 4.79 Å². The van der Waals surface area contributed by atoms with Crippen molar-refractivity contribution in [3.63, 3.8) is 0 Å². The van der Waals surface area contributed by atoms with Gasteiger partial charge < -0.3 is 14.1 Å². The predicted molar refractivity (Wildman–Crippen MR) is 180 cm³/mol. The Morgan fingerprint density at radius 3 is 2.33 bits per heavy atom. The van der Waals surface area contributed by atoms with Gasteiger partial charge in [0.05, 0.1) is 13.7 Å². The Morgan fingerprint density at radius 2 is 1.51 bits per heavy atom. The van der Waals surface area contributed by atoms with Gasteiger partial charge in [-0.15, -0.1) is 0 Å². The first kappa shape index (κ1) is 25.8. The van der Waals surface area contributed by atoms with Crippen molar-refractivity contribution in [3.05, 3.63) is 155 Å². The lowest BCUT2D eigenvalue weighted by atomic mass is 9.71. The van der Waals surface area contributed by atoms with E-state index < -0.39 is 5.41 Å². The maximum atomic E-state index is 15.4. The Labute approximate surface area is 261 Å². The van der Waals surface area contributed by atoms with E-state index in [1.54, 1.807) is 7.11 Å². The van der Waals surface area contributed by atoms with Crippen molar-refractivity contribution in [1.82, 2.24) is 0 Å². The van der Waals surface area contributed by atoms with E-state index in [1.807, 2.05) is 47.4 Å². The minimum Gasteiger partial charge on any atom is -0.497 e. The SMILES string of the molecule is COc1ccc(-c2cc3ccccc3c3oc4c(c23)C2(C(=O)N(Cc3ccccc3)c3ccccc32)c2cc(C)ccc2-4)cc1. The molecule has 1 aliphatic carbocycles. The van der Waals surface area contributed by atoms with E-state index in [9.17, 15) is 0 Å². The molecular formula is C41H29NO3. The molecule has 1 unspecified atom stereocenters. The monoisotopic (exact) mass is 583 g/mol. The van der Waals surface area contributed by atoms with Gasteiger partial charge in [0.2, 0.25) is 5.91 Å². The molecule has 2 aliphatic rings. The van der Waals surface area contributed by atoms with Crippen LogP contribution in [0.1, 0.15) is 27.8 Å². The third kappa shape index (κ3) is 3.45. The molecule has 1 aliphatic heterocycles. The van der Waals surface area contributed by atoms with Gasteiger partial charge in [-0.25, -0.2) is 0 Å². The second-order valence-electron chi connectivity index (χ2n) is 12.1. The van der Waals surface area contributed by atoms with Gasteiger partial charge in [0.1, 0.15) is 22.5 Å². The number of carbonyl (C=O) groups is 1. The van der Waals surface area contributed by atoms with Crippen molar-refractivity contribution < 1.29 is 13.9 Å². The van der Waals surface area contributed by atoms with Crippen LogP contribution in [0.5, 0.6) is 5.75 Å². The van der Waals surface area contributed by atoms with Crippen LogP contribution < -0.4 is 9.64 Å². The fraction of sp³-hybridized carbons (Fsp3) is 0.0976. The van der Waals surface area contributed by atoms with E-state index in [0.717, 1.165) is 83.4 Å². The standard InChI is InChI=1S/C41H29NO3/c1-25-16-21-31-34(22-25)41(33-14-8-9-15-35(33)42(40(41)43)24-26-10-4-3-5-11-26)37-36-32(27-17-19-29(44-2)20-18-27)23-28-12-6-7-13-30(28)38(36)45-39(31)37/h3-23H,24H2,1-2H3. The van der Waals surface area contributed by atoms with Crippen LogP contribution in [0.3, 0.4) is 0 Å². The van der Waals surface area contributed by atoms with Crippen LogP contribution in [0.4, 0.5) is 5.69 Å². The van der Waals surface area contributed by atoms with E-state index in [1.165, 1.54) is 0 Å². The van der Waals surface area contributed by atoms with E-state index in [4.69, 9.17) is 9.15 Å². The number of methoxy groups -OCH3 is 1. The lowest BCUT2D eigenvalue weighted by molar-refractivity contribution is -0.120. The molecule has 216 valence electrons. The number of fused-ring (bicyclic) bond motifs is 11. The summed E-state index contributed by atoms with van der Waals surface area (Å²) in [5.74, 6) is 1.62. The molecule has 0 fully saturated rings. The lowest BCUT2D eigenvalue weighted by Gasteiger charge is -2.27. The smallest absolute Gasteiger partial charge is 0.247 e. The molecule has 1 spiro atoms. The Balaban J connectivity index is 1.42. The van der Waals surface area contributed by atoms with Crippen LogP contribution in [0, 0.1) is 6.92 Å². The van der Waals surface area contributed by atoms with Crippen LogP contribution in [0.15, 0.2) is 132 Å². The molecule has 1 amide bonds. The maximum Gasteiger partial charge on any atom is 0.247 e. The fourth-order valence-electron chi connectivity index (χ4n) is 7.66. The van der Waals surface area contributed by atoms with Gasteiger partial charge in [0.15, 0.2) is 0 Å². The number of hydrogen-bond acceptors (Lipinski definition) is 3. The molecular weight excluding hydrogens is 554 g/mol. The highest BCUT2D eigenvalue weighted by molar-refractivity contribution is 6.23. The van der Waals surface area contributed by atoms with Crippen LogP contribution in [-0.2, 0) is 16.8 Å². The average molecular weight is 584 g/mol. The highest BCUT2D eigenvalue weighted by atomic mass is 16.5. The van der Waals surface area contributed by atoms with Crippen LogP contribution >= 0.6 is 0 Å². The Bertz CT molecular complexity index is 2320. The third-order valence-corrected chi connectivity index (χ3v) is 9.63. The van der Waals surface area contributed by atoms with Crippen molar-refractivity contribution >= 4 is 33.3 Å². The lowest BCUT2D eigenvalue weighted by Crippen LogP contribution is -2.40. The summed E-state index contributed by atoms with van der Waals surface area (Å²) in [6.07, 6.45) is 0. The zero-order valence-electron chi connectivity index (χ0n) is 25.0. The highest BCUT2D eigenvalue weighted by Gasteiger charge is 2.60. The summed E-state index contributed by atoms with van der Waals surface area (Å²) in [5.41, 5.74) is 8.84. The molecule has 1 atom stereocenters. The molecule has 6 aromatic carbocycles. The molecule has 2 heterocycles. The summed E-state index contributed by atoms with van der Waals surface area (Å²) in [6, 6.07) is 43.7. The summed E-state index contributed by atoms with van der Waals surface area (Å²) in [5, 5.41) is 3.10. The maximum absolute atomic E-state index is 15.4. The summed E-state index contributed by atoms with van der Waals surface area (Å²) < 4.78 is 12.5. The number of nitrogens with zero attached hydrogens (tertiary/aromatic N) is 1. The molecule has 0 saturated heterocycles. The Morgan fingerprint density at radius 1 is 0.756 bits per heavy atom. The summed E-state index contributed by atoms with van der Waals surface area (Å²) >= 11 is 0. The Hall–Kier alpha value is -5.61. The quantitative estimate of drug-likeness (QED) is 0.207. The summed E-state index contributed by atoms with van der Waals surface area (Å²) in [4.78, 5) is 17.4. The van der Waals surface area contributed by atoms with Crippen LogP contribution in [0.25, 0.3) is 44.2 Å². The fourth-order valence-corrected chi connectivity index (χ4v) is 7.66. The summed E-state index contributed by atoms with van der Waals surface area (Å²) in [6.45, 7) is 2.58. The molecule has 4 nitrogen and oxygen atoms in total. The molecule has 45 heavy (non-hydrogen) atoms. The number of rotatable bonds is 4. The minimum atomic E-state index is -1.06. The molecule has 0 saturated carbocycles. The van der Waals surface area contributed by atoms with Crippen molar-refractivity contribution in [2.45, 2.75) is 18.9 Å². The van der Waals surface area contributed by atoms with Crippen LogP contribution in [-0.4, -0.2) is 13.0 Å². The van der Waals surface area contributed by atoms with Crippen molar-refractivity contribution in [3.8, 4) is 28.2 Å². The van der Waals surface area contributed by atoms with Gasteiger partial charge in [-0.1, -0.05) is 109 Å². The highest BCUT2D eigenvalue weighted by Crippen LogP contribution is 2.63. The number of amides is 1. The van der Waals surface area contributed by atoms with Crippen molar-refractivity contribution in [2.24, 2.45) is 0 Å². The topological polar surface area (TPSA) is 42.7 Å². The Kier molecular flexibility index (Phi) is 5.42. The van der Waals surface area contributed by atoms with Gasteiger partial charge in [-0.2, -0.15) is 0 Å². The van der Waals surface area contributed by atoms with Gasteiger partial charge in [-0.05, 0) is 58.8 Å². The molecule has 7 aromatic rings. The molecule has 0 N–H and O–H groups in total. The van der Waals surface area contributed by atoms with Crippen molar-refractivity contribution in [2.75, 3.05) is 12.0 Å². The number of ether oxygens (including phenoxy) is 1. The van der Waals surface area contributed by atoms with Crippen molar-refractivity contribution in [1.29, 1.82) is 0 Å². The van der Waals surface area contributed by atoms with Gasteiger partial charge >= 0.3 is 0 Å². The number of anilines is 1. The second kappa shape index (κ2) is 9.44. The van der Waals surface area contributed by atoms with E-state index in [0.29, 0.717) is 6.54 Å². The summed E-state index contributed by atoms with van der Waals surface area (Å²) in [7, 11) is 1.68. The zero-order chi connectivity index (χ0) is 30.3. The number of aryl methyl sites for hydroxylation is 1. The first-order valence-electron chi connectivity index (χ1n) is 15.3.